The maximum atomic E-state index is 9.39. The van der Waals surface area contributed by atoms with Crippen LogP contribution in [0.15, 0.2) is 60.7 Å². The van der Waals surface area contributed by atoms with Crippen molar-refractivity contribution < 1.29 is 0 Å². The minimum atomic E-state index is -0.0469. The average molecular weight is 497 g/mol. The first-order valence-corrected chi connectivity index (χ1v) is 13.9. The van der Waals surface area contributed by atoms with Crippen molar-refractivity contribution in [1.29, 1.82) is 16.1 Å². The fraction of sp³-hybridized carbons (Fsp3) is 0.424. The minimum Gasteiger partial charge on any atom is -0.288 e. The summed E-state index contributed by atoms with van der Waals surface area (Å²) in [6, 6.07) is 22.1. The number of nitrogens with zero attached hydrogens (tertiary/aromatic N) is 2. The van der Waals surface area contributed by atoms with Crippen LogP contribution in [-0.2, 0) is 5.41 Å². The molecule has 37 heavy (non-hydrogen) atoms. The van der Waals surface area contributed by atoms with Crippen molar-refractivity contribution in [2.75, 3.05) is 4.90 Å². The number of nitrogens with one attached hydrogen (secondary N) is 2. The molecular weight excluding hydrogens is 452 g/mol. The molecular formula is C33H44N4. The van der Waals surface area contributed by atoms with Crippen LogP contribution >= 0.6 is 0 Å². The van der Waals surface area contributed by atoms with Crippen molar-refractivity contribution in [3.8, 4) is 6.07 Å². The first-order chi connectivity index (χ1) is 17.9. The van der Waals surface area contributed by atoms with Gasteiger partial charge in [-0.25, -0.2) is 0 Å². The van der Waals surface area contributed by atoms with Gasteiger partial charge in [-0.15, -0.1) is 0 Å². The topological polar surface area (TPSA) is 74.7 Å². The molecule has 1 fully saturated rings. The van der Waals surface area contributed by atoms with E-state index in [0.29, 0.717) is 23.2 Å². The predicted octanol–water partition coefficient (Wildman–Crippen LogP) is 9.31. The third-order valence-corrected chi connectivity index (χ3v) is 7.30. The van der Waals surface area contributed by atoms with Crippen LogP contribution < -0.4 is 4.90 Å². The van der Waals surface area contributed by atoms with E-state index in [9.17, 15) is 10.7 Å². The normalized spacial score (nSPS) is 17.6. The van der Waals surface area contributed by atoms with Crippen molar-refractivity contribution in [3.63, 3.8) is 0 Å². The van der Waals surface area contributed by atoms with Gasteiger partial charge in [-0.05, 0) is 76.9 Å². The molecule has 0 bridgehead atoms. The fourth-order valence-electron chi connectivity index (χ4n) is 5.17. The van der Waals surface area contributed by atoms with E-state index >= 15 is 0 Å². The molecule has 0 saturated heterocycles. The smallest absolute Gasteiger partial charge is 0.138 e. The Bertz CT molecular complexity index is 1250. The summed E-state index contributed by atoms with van der Waals surface area (Å²) >= 11 is 0. The second-order valence-corrected chi connectivity index (χ2v) is 9.45. The van der Waals surface area contributed by atoms with Gasteiger partial charge in [0.25, 0.3) is 0 Å². The van der Waals surface area contributed by atoms with E-state index in [1.54, 1.807) is 17.0 Å². The third-order valence-electron chi connectivity index (χ3n) is 7.30. The van der Waals surface area contributed by atoms with E-state index in [1.807, 2.05) is 59.7 Å². The fourth-order valence-corrected chi connectivity index (χ4v) is 5.17. The lowest BCUT2D eigenvalue weighted by molar-refractivity contribution is 0.571. The van der Waals surface area contributed by atoms with Gasteiger partial charge < -0.3 is 0 Å². The van der Waals surface area contributed by atoms with Crippen LogP contribution in [0.5, 0.6) is 0 Å². The molecule has 0 amide bonds. The average Bonchev–Trinajstić information content (AvgIpc) is 3.69. The van der Waals surface area contributed by atoms with Gasteiger partial charge in [-0.2, -0.15) is 5.26 Å². The van der Waals surface area contributed by atoms with Gasteiger partial charge >= 0.3 is 0 Å². The molecule has 4 heteroatoms. The van der Waals surface area contributed by atoms with Crippen molar-refractivity contribution >= 4 is 28.1 Å². The van der Waals surface area contributed by atoms with Gasteiger partial charge in [0.15, 0.2) is 0 Å². The Labute approximate surface area is 224 Å². The lowest BCUT2D eigenvalue weighted by Crippen LogP contribution is -2.40. The summed E-state index contributed by atoms with van der Waals surface area (Å²) in [6.45, 7) is 16.5. The van der Waals surface area contributed by atoms with Gasteiger partial charge in [0.2, 0.25) is 0 Å². The maximum absolute atomic E-state index is 9.39. The summed E-state index contributed by atoms with van der Waals surface area (Å²) in [7, 11) is 0. The number of amidine groups is 2. The SMILES string of the molecule is CC.CC.CC[C@H]1CC1(CC)c1cc2ccccc2cc1C(=N)N(C(=N)C(C)C)c1ccc(C#N)cc1. The molecule has 1 aliphatic carbocycles. The van der Waals surface area contributed by atoms with Crippen molar-refractivity contribution in [1.82, 2.24) is 0 Å². The molecule has 2 atom stereocenters. The first-order valence-electron chi connectivity index (χ1n) is 13.9. The number of hydrogen-bond acceptors (Lipinski definition) is 3. The highest BCUT2D eigenvalue weighted by atomic mass is 15.2. The van der Waals surface area contributed by atoms with E-state index in [1.165, 1.54) is 10.9 Å². The summed E-state index contributed by atoms with van der Waals surface area (Å²) in [4.78, 5) is 1.74. The molecule has 1 saturated carbocycles. The van der Waals surface area contributed by atoms with E-state index < -0.39 is 0 Å². The number of anilines is 1. The zero-order chi connectivity index (χ0) is 27.8. The second-order valence-electron chi connectivity index (χ2n) is 9.45. The summed E-state index contributed by atoms with van der Waals surface area (Å²) in [5, 5.41) is 29.8. The van der Waals surface area contributed by atoms with E-state index in [4.69, 9.17) is 5.41 Å². The van der Waals surface area contributed by atoms with Crippen LogP contribution in [0.4, 0.5) is 5.69 Å². The summed E-state index contributed by atoms with van der Waals surface area (Å²) in [5.41, 5.74) is 3.54. The molecule has 3 aromatic rings. The number of rotatable bonds is 6. The summed E-state index contributed by atoms with van der Waals surface area (Å²) in [6.07, 6.45) is 3.33. The molecule has 4 nitrogen and oxygen atoms in total. The van der Waals surface area contributed by atoms with Crippen molar-refractivity contribution in [2.45, 2.75) is 80.1 Å². The monoisotopic (exact) mass is 496 g/mol. The van der Waals surface area contributed by atoms with Gasteiger partial charge in [-0.3, -0.25) is 15.7 Å². The van der Waals surface area contributed by atoms with Gasteiger partial charge in [-0.1, -0.05) is 86.1 Å². The summed E-state index contributed by atoms with van der Waals surface area (Å²) in [5.74, 6) is 1.28. The Morgan fingerprint density at radius 1 is 0.973 bits per heavy atom. The highest BCUT2D eigenvalue weighted by Crippen LogP contribution is 2.59. The van der Waals surface area contributed by atoms with Gasteiger partial charge in [0, 0.05) is 17.2 Å². The molecule has 1 aliphatic rings. The van der Waals surface area contributed by atoms with Crippen LogP contribution in [0.3, 0.4) is 0 Å². The highest BCUT2D eigenvalue weighted by molar-refractivity contribution is 6.24. The third kappa shape index (κ3) is 5.93. The molecule has 0 aromatic heterocycles. The second kappa shape index (κ2) is 13.2. The van der Waals surface area contributed by atoms with Crippen LogP contribution in [0, 0.1) is 34.0 Å². The molecule has 2 N–H and O–H groups in total. The molecule has 3 aromatic carbocycles. The first kappa shape index (κ1) is 29.8. The zero-order valence-electron chi connectivity index (χ0n) is 23.9. The quantitative estimate of drug-likeness (QED) is 0.263. The molecule has 0 aliphatic heterocycles. The minimum absolute atomic E-state index is 0.0469. The number of benzene rings is 3. The lowest BCUT2D eigenvalue weighted by Gasteiger charge is -2.30. The van der Waals surface area contributed by atoms with E-state index in [0.717, 1.165) is 35.9 Å². The molecule has 0 heterocycles. The van der Waals surface area contributed by atoms with E-state index in [-0.39, 0.29) is 11.3 Å². The van der Waals surface area contributed by atoms with E-state index in [2.05, 4.69) is 50.2 Å². The number of nitriles is 1. The van der Waals surface area contributed by atoms with Crippen molar-refractivity contribution in [2.24, 2.45) is 11.8 Å². The van der Waals surface area contributed by atoms with Crippen LogP contribution in [-0.4, -0.2) is 11.7 Å². The predicted molar refractivity (Wildman–Crippen MR) is 160 cm³/mol. The Morgan fingerprint density at radius 3 is 2.00 bits per heavy atom. The number of fused-ring (bicyclic) bond motifs is 1. The Hall–Kier alpha value is -3.45. The van der Waals surface area contributed by atoms with Crippen LogP contribution in [0.1, 0.15) is 91.3 Å². The molecule has 0 radical (unpaired) electrons. The molecule has 4 rings (SSSR count). The zero-order valence-corrected chi connectivity index (χ0v) is 23.9. The largest absolute Gasteiger partial charge is 0.288 e. The Kier molecular flexibility index (Phi) is 10.6. The number of hydrogen-bond donors (Lipinski definition) is 2. The lowest BCUT2D eigenvalue weighted by atomic mass is 9.84. The highest BCUT2D eigenvalue weighted by Gasteiger charge is 2.53. The summed E-state index contributed by atoms with van der Waals surface area (Å²) < 4.78 is 0. The maximum Gasteiger partial charge on any atom is 0.138 e. The molecule has 196 valence electrons. The van der Waals surface area contributed by atoms with Gasteiger partial charge in [0.05, 0.1) is 11.6 Å². The molecule has 1 unspecified atom stereocenters. The van der Waals surface area contributed by atoms with Crippen LogP contribution in [0.25, 0.3) is 10.8 Å². The van der Waals surface area contributed by atoms with Gasteiger partial charge in [0.1, 0.15) is 11.7 Å². The molecule has 0 spiro atoms. The van der Waals surface area contributed by atoms with Crippen molar-refractivity contribution in [3.05, 3.63) is 77.4 Å². The Balaban J connectivity index is 0.00000115. The Morgan fingerprint density at radius 2 is 1.54 bits per heavy atom. The van der Waals surface area contributed by atoms with Crippen LogP contribution in [0.2, 0.25) is 0 Å². The standard InChI is InChI=1S/C29H32N4.2C2H6/c1-5-23-17-29(23,6-2)26-16-22-10-8-7-9-21(22)15-25(26)28(32)33(27(31)19(3)4)24-13-11-20(18-30)12-14-24;2*1-2/h7-16,19,23,31-32H,5-6,17H2,1-4H3;2*1-2H3/t23-,29?;;/m0../s1.